The summed E-state index contributed by atoms with van der Waals surface area (Å²) < 4.78 is 5.30. The maximum atomic E-state index is 12.6. The van der Waals surface area contributed by atoms with Gasteiger partial charge in [-0.05, 0) is 43.4 Å². The van der Waals surface area contributed by atoms with Gasteiger partial charge in [-0.15, -0.1) is 11.3 Å². The van der Waals surface area contributed by atoms with E-state index in [4.69, 9.17) is 4.52 Å². The lowest BCUT2D eigenvalue weighted by Crippen LogP contribution is -2.10. The molecule has 0 saturated carbocycles. The molecule has 0 atom stereocenters. The van der Waals surface area contributed by atoms with Crippen LogP contribution in [0, 0.1) is 0 Å². The standard InChI is InChI=1S/C18H15N5O2S2/c24-16-14-11-5-1-2-6-12(11)27-17(14)22-18(21-16)26-9-13-20-15(23-25-13)10-4-3-7-19-8-10/h3-4,7-8H,1-2,5-6,9H2,(H,21,22,24). The van der Waals surface area contributed by atoms with Gasteiger partial charge in [0.1, 0.15) is 4.83 Å². The van der Waals surface area contributed by atoms with Crippen LogP contribution < -0.4 is 5.56 Å². The predicted octanol–water partition coefficient (Wildman–Crippen LogP) is 3.60. The highest BCUT2D eigenvalue weighted by molar-refractivity contribution is 7.98. The lowest BCUT2D eigenvalue weighted by molar-refractivity contribution is 0.391. The minimum absolute atomic E-state index is 0.0523. The van der Waals surface area contributed by atoms with Gasteiger partial charge in [0.05, 0.1) is 11.1 Å². The number of aromatic nitrogens is 5. The Labute approximate surface area is 162 Å². The molecule has 4 aromatic rings. The van der Waals surface area contributed by atoms with Crippen LogP contribution in [0.5, 0.6) is 0 Å². The molecule has 1 N–H and O–H groups in total. The van der Waals surface area contributed by atoms with Crippen LogP contribution in [-0.4, -0.2) is 25.1 Å². The fraction of sp³-hybridized carbons (Fsp3) is 0.278. The molecule has 0 saturated heterocycles. The maximum Gasteiger partial charge on any atom is 0.260 e. The number of thiophene rings is 1. The summed E-state index contributed by atoms with van der Waals surface area (Å²) in [4.78, 5) is 30.7. The van der Waals surface area contributed by atoms with Crippen molar-refractivity contribution in [2.45, 2.75) is 36.6 Å². The maximum absolute atomic E-state index is 12.6. The van der Waals surface area contributed by atoms with Gasteiger partial charge in [-0.2, -0.15) is 4.98 Å². The summed E-state index contributed by atoms with van der Waals surface area (Å²) in [6.45, 7) is 0. The first-order valence-electron chi connectivity index (χ1n) is 8.68. The fourth-order valence-corrected chi connectivity index (χ4v) is 5.29. The first-order chi connectivity index (χ1) is 13.3. The molecule has 4 aromatic heterocycles. The van der Waals surface area contributed by atoms with Crippen molar-refractivity contribution in [3.05, 3.63) is 51.2 Å². The Morgan fingerprint density at radius 2 is 2.19 bits per heavy atom. The first kappa shape index (κ1) is 16.6. The summed E-state index contributed by atoms with van der Waals surface area (Å²) in [7, 11) is 0. The van der Waals surface area contributed by atoms with E-state index in [9.17, 15) is 4.79 Å². The molecule has 7 nitrogen and oxygen atoms in total. The van der Waals surface area contributed by atoms with Crippen molar-refractivity contribution in [3.63, 3.8) is 0 Å². The van der Waals surface area contributed by atoms with E-state index in [1.807, 2.05) is 12.1 Å². The number of fused-ring (bicyclic) bond motifs is 3. The zero-order chi connectivity index (χ0) is 18.2. The van der Waals surface area contributed by atoms with Crippen molar-refractivity contribution in [2.75, 3.05) is 0 Å². The molecule has 27 heavy (non-hydrogen) atoms. The fourth-order valence-electron chi connectivity index (χ4n) is 3.27. The summed E-state index contributed by atoms with van der Waals surface area (Å²) in [6.07, 6.45) is 7.75. The van der Waals surface area contributed by atoms with Gasteiger partial charge in [0, 0.05) is 22.8 Å². The highest BCUT2D eigenvalue weighted by Crippen LogP contribution is 2.34. The van der Waals surface area contributed by atoms with Crippen LogP contribution in [0.25, 0.3) is 21.6 Å². The normalized spacial score (nSPS) is 13.8. The molecule has 0 radical (unpaired) electrons. The number of nitrogens with zero attached hydrogens (tertiary/aromatic N) is 4. The third kappa shape index (κ3) is 3.17. The summed E-state index contributed by atoms with van der Waals surface area (Å²) >= 11 is 3.03. The Morgan fingerprint density at radius 3 is 3.07 bits per heavy atom. The molecule has 0 aromatic carbocycles. The Hall–Kier alpha value is -2.52. The van der Waals surface area contributed by atoms with Crippen LogP contribution in [0.3, 0.4) is 0 Å². The highest BCUT2D eigenvalue weighted by atomic mass is 32.2. The van der Waals surface area contributed by atoms with Gasteiger partial charge in [-0.1, -0.05) is 16.9 Å². The zero-order valence-electron chi connectivity index (χ0n) is 14.3. The third-order valence-electron chi connectivity index (χ3n) is 4.52. The Kier molecular flexibility index (Phi) is 4.25. The van der Waals surface area contributed by atoms with Gasteiger partial charge in [0.2, 0.25) is 11.7 Å². The smallest absolute Gasteiger partial charge is 0.260 e. The number of nitrogens with one attached hydrogen (secondary N) is 1. The number of aromatic amines is 1. The van der Waals surface area contributed by atoms with Crippen molar-refractivity contribution in [2.24, 2.45) is 0 Å². The topological polar surface area (TPSA) is 97.6 Å². The molecule has 9 heteroatoms. The van der Waals surface area contributed by atoms with E-state index in [0.717, 1.165) is 35.0 Å². The monoisotopic (exact) mass is 397 g/mol. The van der Waals surface area contributed by atoms with Gasteiger partial charge < -0.3 is 9.51 Å². The number of H-pyrrole nitrogens is 1. The number of pyridine rings is 1. The third-order valence-corrected chi connectivity index (χ3v) is 6.57. The van der Waals surface area contributed by atoms with Crippen molar-refractivity contribution in [3.8, 4) is 11.4 Å². The summed E-state index contributed by atoms with van der Waals surface area (Å²) in [6, 6.07) is 3.70. The lowest BCUT2D eigenvalue weighted by atomic mass is 9.97. The summed E-state index contributed by atoms with van der Waals surface area (Å²) in [5, 5.41) is 5.33. The minimum Gasteiger partial charge on any atom is -0.338 e. The molecule has 1 aliphatic rings. The van der Waals surface area contributed by atoms with Crippen molar-refractivity contribution in [1.82, 2.24) is 25.1 Å². The minimum atomic E-state index is -0.0523. The highest BCUT2D eigenvalue weighted by Gasteiger charge is 2.20. The van der Waals surface area contributed by atoms with Gasteiger partial charge in [-0.3, -0.25) is 9.78 Å². The van der Waals surface area contributed by atoms with Crippen LogP contribution >= 0.6 is 23.1 Å². The van der Waals surface area contributed by atoms with Crippen molar-refractivity contribution in [1.29, 1.82) is 0 Å². The Balaban J connectivity index is 1.38. The average molecular weight is 397 g/mol. The van der Waals surface area contributed by atoms with Crippen LogP contribution in [0.2, 0.25) is 0 Å². The molecule has 1 aliphatic carbocycles. The van der Waals surface area contributed by atoms with E-state index < -0.39 is 0 Å². The van der Waals surface area contributed by atoms with Crippen molar-refractivity contribution < 1.29 is 4.52 Å². The molecular weight excluding hydrogens is 382 g/mol. The van der Waals surface area contributed by atoms with Gasteiger partial charge >= 0.3 is 0 Å². The van der Waals surface area contributed by atoms with Gasteiger partial charge in [0.25, 0.3) is 5.56 Å². The molecule has 0 bridgehead atoms. The first-order valence-corrected chi connectivity index (χ1v) is 10.5. The second-order valence-electron chi connectivity index (χ2n) is 6.30. The van der Waals surface area contributed by atoms with E-state index in [1.54, 1.807) is 23.7 Å². The van der Waals surface area contributed by atoms with Crippen molar-refractivity contribution >= 4 is 33.3 Å². The molecular formula is C18H15N5O2S2. The number of thioether (sulfide) groups is 1. The van der Waals surface area contributed by atoms with E-state index in [1.165, 1.54) is 28.6 Å². The number of hydrogen-bond donors (Lipinski definition) is 1. The lowest BCUT2D eigenvalue weighted by Gasteiger charge is -2.09. The molecule has 136 valence electrons. The molecule has 0 amide bonds. The Bertz CT molecular complexity index is 1170. The quantitative estimate of drug-likeness (QED) is 0.415. The number of rotatable bonds is 4. The van der Waals surface area contributed by atoms with Crippen LogP contribution in [-0.2, 0) is 18.6 Å². The summed E-state index contributed by atoms with van der Waals surface area (Å²) in [5.41, 5.74) is 1.95. The molecule has 0 spiro atoms. The molecule has 0 fully saturated rings. The molecule has 4 heterocycles. The van der Waals surface area contributed by atoms with Gasteiger partial charge in [-0.25, -0.2) is 4.98 Å². The second kappa shape index (κ2) is 6.90. The second-order valence-corrected chi connectivity index (χ2v) is 8.35. The van der Waals surface area contributed by atoms with Crippen LogP contribution in [0.1, 0.15) is 29.2 Å². The van der Waals surface area contributed by atoms with E-state index in [0.29, 0.717) is 22.6 Å². The number of aryl methyl sites for hydroxylation is 2. The van der Waals surface area contributed by atoms with E-state index >= 15 is 0 Å². The van der Waals surface area contributed by atoms with Crippen LogP contribution in [0.15, 0.2) is 39.0 Å². The van der Waals surface area contributed by atoms with Crippen LogP contribution in [0.4, 0.5) is 0 Å². The number of hydrogen-bond acceptors (Lipinski definition) is 8. The SMILES string of the molecule is O=c1[nH]c(SCc2nc(-c3cccnc3)no2)nc2sc3c(c12)CCCC3. The molecule has 5 rings (SSSR count). The van der Waals surface area contributed by atoms with E-state index in [2.05, 4.69) is 25.1 Å². The summed E-state index contributed by atoms with van der Waals surface area (Å²) in [5.74, 6) is 1.42. The van der Waals surface area contributed by atoms with E-state index in [-0.39, 0.29) is 5.56 Å². The largest absolute Gasteiger partial charge is 0.338 e. The predicted molar refractivity (Wildman–Crippen MR) is 104 cm³/mol. The Morgan fingerprint density at radius 1 is 1.26 bits per heavy atom. The zero-order valence-corrected chi connectivity index (χ0v) is 15.9. The average Bonchev–Trinajstić information content (AvgIpc) is 3.31. The molecule has 0 unspecified atom stereocenters. The van der Waals surface area contributed by atoms with Gasteiger partial charge in [0.15, 0.2) is 5.16 Å². The molecule has 0 aliphatic heterocycles.